The summed E-state index contributed by atoms with van der Waals surface area (Å²) in [4.78, 5) is 11.0. The number of benzene rings is 2. The van der Waals surface area contributed by atoms with Crippen LogP contribution < -0.4 is 4.74 Å². The Balaban J connectivity index is 2.42. The number of aryl methyl sites for hydroxylation is 1. The van der Waals surface area contributed by atoms with E-state index in [0.29, 0.717) is 0 Å². The zero-order chi connectivity index (χ0) is 13.1. The quantitative estimate of drug-likeness (QED) is 0.899. The molecule has 0 aliphatic carbocycles. The largest absolute Gasteiger partial charge is 0.478 e. The summed E-state index contributed by atoms with van der Waals surface area (Å²) in [6.07, 6.45) is 0. The third-order valence-corrected chi connectivity index (χ3v) is 2.42. The summed E-state index contributed by atoms with van der Waals surface area (Å²) in [5, 5.41) is 9.03. The Labute approximate surface area is 103 Å². The van der Waals surface area contributed by atoms with Crippen LogP contribution in [0.5, 0.6) is 11.5 Å². The van der Waals surface area contributed by atoms with Gasteiger partial charge in [0, 0.05) is 0 Å². The molecule has 3 nitrogen and oxygen atoms in total. The molecular formula is C14H11FO3. The highest BCUT2D eigenvalue weighted by Crippen LogP contribution is 2.28. The molecule has 1 N–H and O–H groups in total. The van der Waals surface area contributed by atoms with Gasteiger partial charge in [-0.1, -0.05) is 18.2 Å². The van der Waals surface area contributed by atoms with Crippen LogP contribution in [0.15, 0.2) is 42.5 Å². The van der Waals surface area contributed by atoms with Crippen molar-refractivity contribution < 1.29 is 19.0 Å². The third kappa shape index (κ3) is 2.48. The van der Waals surface area contributed by atoms with Crippen LogP contribution in [-0.4, -0.2) is 11.1 Å². The van der Waals surface area contributed by atoms with Crippen molar-refractivity contribution in [2.24, 2.45) is 0 Å². The second kappa shape index (κ2) is 4.87. The lowest BCUT2D eigenvalue weighted by Crippen LogP contribution is -2.01. The highest BCUT2D eigenvalue weighted by Gasteiger charge is 2.13. The van der Waals surface area contributed by atoms with Gasteiger partial charge in [-0.2, -0.15) is 0 Å². The fraction of sp³-hybridized carbons (Fsp3) is 0.0714. The van der Waals surface area contributed by atoms with Crippen molar-refractivity contribution in [2.45, 2.75) is 6.92 Å². The fourth-order valence-electron chi connectivity index (χ4n) is 1.54. The summed E-state index contributed by atoms with van der Waals surface area (Å²) < 4.78 is 18.8. The second-order valence-corrected chi connectivity index (χ2v) is 3.84. The average molecular weight is 246 g/mol. The molecule has 2 aromatic carbocycles. The molecule has 0 bridgehead atoms. The van der Waals surface area contributed by atoms with E-state index >= 15 is 0 Å². The van der Waals surface area contributed by atoms with Crippen LogP contribution in [0, 0.1) is 12.7 Å². The number of halogens is 1. The lowest BCUT2D eigenvalue weighted by Gasteiger charge is -2.10. The van der Waals surface area contributed by atoms with Gasteiger partial charge in [-0.25, -0.2) is 9.18 Å². The van der Waals surface area contributed by atoms with E-state index in [2.05, 4.69) is 0 Å². The lowest BCUT2D eigenvalue weighted by atomic mass is 10.1. The maximum Gasteiger partial charge on any atom is 0.339 e. The Morgan fingerprint density at radius 3 is 2.56 bits per heavy atom. The van der Waals surface area contributed by atoms with E-state index in [0.717, 1.165) is 5.56 Å². The molecule has 0 aliphatic heterocycles. The first kappa shape index (κ1) is 12.1. The second-order valence-electron chi connectivity index (χ2n) is 3.84. The Hall–Kier alpha value is -2.36. The standard InChI is InChI=1S/C14H11FO3/c1-9-6-7-10(14(16)17)13(8-9)18-12-5-3-2-4-11(12)15/h2-8H,1H3,(H,16,17). The Kier molecular flexibility index (Phi) is 3.28. The molecule has 2 aromatic rings. The van der Waals surface area contributed by atoms with Gasteiger partial charge >= 0.3 is 5.97 Å². The van der Waals surface area contributed by atoms with Gasteiger partial charge in [-0.3, -0.25) is 0 Å². The normalized spacial score (nSPS) is 10.1. The number of carboxylic acid groups (broad SMARTS) is 1. The number of ether oxygens (including phenoxy) is 1. The molecule has 0 fully saturated rings. The minimum Gasteiger partial charge on any atom is -0.478 e. The Bertz CT molecular complexity index is 593. The van der Waals surface area contributed by atoms with Gasteiger partial charge in [0.1, 0.15) is 11.3 Å². The average Bonchev–Trinajstić information content (AvgIpc) is 2.32. The highest BCUT2D eigenvalue weighted by atomic mass is 19.1. The number of carboxylic acids is 1. The van der Waals surface area contributed by atoms with E-state index in [1.807, 2.05) is 0 Å². The van der Waals surface area contributed by atoms with Gasteiger partial charge in [0.25, 0.3) is 0 Å². The molecule has 18 heavy (non-hydrogen) atoms. The van der Waals surface area contributed by atoms with Crippen LogP contribution in [-0.2, 0) is 0 Å². The van der Waals surface area contributed by atoms with Gasteiger partial charge in [0.05, 0.1) is 0 Å². The number of rotatable bonds is 3. The molecule has 0 heterocycles. The zero-order valence-electron chi connectivity index (χ0n) is 9.68. The maximum absolute atomic E-state index is 13.4. The topological polar surface area (TPSA) is 46.5 Å². The minimum atomic E-state index is -1.11. The first-order chi connectivity index (χ1) is 8.58. The van der Waals surface area contributed by atoms with Crippen molar-refractivity contribution >= 4 is 5.97 Å². The molecule has 0 spiro atoms. The van der Waals surface area contributed by atoms with Crippen molar-refractivity contribution in [3.05, 3.63) is 59.4 Å². The van der Waals surface area contributed by atoms with Crippen LogP contribution in [0.4, 0.5) is 4.39 Å². The van der Waals surface area contributed by atoms with Crippen molar-refractivity contribution in [1.29, 1.82) is 0 Å². The molecule has 0 saturated heterocycles. The van der Waals surface area contributed by atoms with E-state index in [-0.39, 0.29) is 17.1 Å². The first-order valence-corrected chi connectivity index (χ1v) is 5.34. The number of hydrogen-bond acceptors (Lipinski definition) is 2. The van der Waals surface area contributed by atoms with E-state index in [4.69, 9.17) is 9.84 Å². The summed E-state index contributed by atoms with van der Waals surface area (Å²) in [6, 6.07) is 10.5. The van der Waals surface area contributed by atoms with Crippen molar-refractivity contribution in [3.63, 3.8) is 0 Å². The molecule has 4 heteroatoms. The summed E-state index contributed by atoms with van der Waals surface area (Å²) in [6.45, 7) is 1.81. The molecule has 0 saturated carbocycles. The smallest absolute Gasteiger partial charge is 0.339 e. The predicted molar refractivity (Wildman–Crippen MR) is 64.6 cm³/mol. The van der Waals surface area contributed by atoms with Crippen LogP contribution in [0.2, 0.25) is 0 Å². The van der Waals surface area contributed by atoms with Crippen LogP contribution in [0.25, 0.3) is 0 Å². The van der Waals surface area contributed by atoms with Crippen molar-refractivity contribution in [3.8, 4) is 11.5 Å². The Morgan fingerprint density at radius 1 is 1.17 bits per heavy atom. The molecule has 0 radical (unpaired) electrons. The molecule has 0 amide bonds. The lowest BCUT2D eigenvalue weighted by molar-refractivity contribution is 0.0694. The maximum atomic E-state index is 13.4. The monoisotopic (exact) mass is 246 g/mol. The predicted octanol–water partition coefficient (Wildman–Crippen LogP) is 3.62. The summed E-state index contributed by atoms with van der Waals surface area (Å²) >= 11 is 0. The SMILES string of the molecule is Cc1ccc(C(=O)O)c(Oc2ccccc2F)c1. The van der Waals surface area contributed by atoms with Gasteiger partial charge in [-0.05, 0) is 36.8 Å². The summed E-state index contributed by atoms with van der Waals surface area (Å²) in [7, 11) is 0. The number of hydrogen-bond donors (Lipinski definition) is 1. The van der Waals surface area contributed by atoms with Crippen molar-refractivity contribution in [2.75, 3.05) is 0 Å². The first-order valence-electron chi connectivity index (χ1n) is 5.34. The molecular weight excluding hydrogens is 235 g/mol. The molecule has 92 valence electrons. The van der Waals surface area contributed by atoms with E-state index in [1.54, 1.807) is 25.1 Å². The van der Waals surface area contributed by atoms with Crippen molar-refractivity contribution in [1.82, 2.24) is 0 Å². The molecule has 0 atom stereocenters. The fourth-order valence-corrected chi connectivity index (χ4v) is 1.54. The van der Waals surface area contributed by atoms with Crippen LogP contribution >= 0.6 is 0 Å². The van der Waals surface area contributed by atoms with Gasteiger partial charge in [0.15, 0.2) is 11.6 Å². The zero-order valence-corrected chi connectivity index (χ0v) is 9.68. The van der Waals surface area contributed by atoms with Crippen LogP contribution in [0.1, 0.15) is 15.9 Å². The van der Waals surface area contributed by atoms with Gasteiger partial charge < -0.3 is 9.84 Å². The molecule has 0 aromatic heterocycles. The van der Waals surface area contributed by atoms with Crippen LogP contribution in [0.3, 0.4) is 0 Å². The third-order valence-electron chi connectivity index (χ3n) is 2.42. The highest BCUT2D eigenvalue weighted by molar-refractivity contribution is 5.91. The van der Waals surface area contributed by atoms with E-state index in [9.17, 15) is 9.18 Å². The Morgan fingerprint density at radius 2 is 1.89 bits per heavy atom. The number of aromatic carboxylic acids is 1. The molecule has 2 rings (SSSR count). The van der Waals surface area contributed by atoms with Gasteiger partial charge in [0.2, 0.25) is 0 Å². The number of carbonyl (C=O) groups is 1. The molecule has 0 unspecified atom stereocenters. The minimum absolute atomic E-state index is 0.00357. The van der Waals surface area contributed by atoms with E-state index < -0.39 is 11.8 Å². The molecule has 0 aliphatic rings. The summed E-state index contributed by atoms with van der Waals surface area (Å²) in [5.74, 6) is -1.50. The summed E-state index contributed by atoms with van der Waals surface area (Å²) in [5.41, 5.74) is 0.843. The number of para-hydroxylation sites is 1. The van der Waals surface area contributed by atoms with E-state index in [1.165, 1.54) is 24.3 Å². The van der Waals surface area contributed by atoms with Gasteiger partial charge in [-0.15, -0.1) is 0 Å².